The van der Waals surface area contributed by atoms with Crippen molar-refractivity contribution in [2.45, 2.75) is 20.3 Å². The van der Waals surface area contributed by atoms with E-state index in [0.29, 0.717) is 19.0 Å². The Morgan fingerprint density at radius 1 is 1.21 bits per heavy atom. The van der Waals surface area contributed by atoms with Crippen molar-refractivity contribution in [3.63, 3.8) is 0 Å². The van der Waals surface area contributed by atoms with Gasteiger partial charge in [-0.1, -0.05) is 32.0 Å². The fourth-order valence-electron chi connectivity index (χ4n) is 3.61. The summed E-state index contributed by atoms with van der Waals surface area (Å²) in [5, 5.41) is 2.94. The third-order valence-corrected chi connectivity index (χ3v) is 4.98. The van der Waals surface area contributed by atoms with Crippen LogP contribution in [0.25, 0.3) is 16.9 Å². The number of benzene rings is 1. The molecule has 0 saturated carbocycles. The number of nitrogens with one attached hydrogen (secondary N) is 1. The number of anilines is 1. The van der Waals surface area contributed by atoms with Gasteiger partial charge in [-0.05, 0) is 30.2 Å². The average Bonchev–Trinajstić information content (AvgIpc) is 3.26. The second-order valence-electron chi connectivity index (χ2n) is 7.75. The number of rotatable bonds is 5. The van der Waals surface area contributed by atoms with Crippen molar-refractivity contribution in [1.29, 1.82) is 0 Å². The normalized spacial score (nSPS) is 16.9. The van der Waals surface area contributed by atoms with Crippen LogP contribution in [0.15, 0.2) is 54.9 Å². The molecular weight excluding hydrogens is 352 g/mol. The van der Waals surface area contributed by atoms with Crippen LogP contribution in [-0.4, -0.2) is 39.2 Å². The van der Waals surface area contributed by atoms with Crippen molar-refractivity contribution in [3.05, 3.63) is 54.9 Å². The molecule has 1 atom stereocenters. The summed E-state index contributed by atoms with van der Waals surface area (Å²) in [7, 11) is 0. The first-order valence-corrected chi connectivity index (χ1v) is 9.62. The summed E-state index contributed by atoms with van der Waals surface area (Å²) in [6, 6.07) is 13.5. The monoisotopic (exact) mass is 376 g/mol. The van der Waals surface area contributed by atoms with Crippen LogP contribution in [-0.2, 0) is 9.59 Å². The van der Waals surface area contributed by atoms with Crippen LogP contribution in [0.1, 0.15) is 20.3 Å². The first-order valence-electron chi connectivity index (χ1n) is 9.62. The topological polar surface area (TPSA) is 66.7 Å². The Labute approximate surface area is 164 Å². The zero-order valence-corrected chi connectivity index (χ0v) is 16.1. The standard InChI is InChI=1S/C22H24N4O2/c1-15(2)12-26-13-17(11-21(26)27)22(28)23-18-8-6-16(7-9-18)19-14-25-10-4-3-5-20(25)24-19/h3-10,14-15,17H,11-13H2,1-2H3,(H,23,28). The van der Waals surface area contributed by atoms with Crippen LogP contribution >= 0.6 is 0 Å². The van der Waals surface area contributed by atoms with Crippen molar-refractivity contribution in [2.75, 3.05) is 18.4 Å². The highest BCUT2D eigenvalue weighted by atomic mass is 16.2. The van der Waals surface area contributed by atoms with Crippen LogP contribution in [0.5, 0.6) is 0 Å². The Kier molecular flexibility index (Phi) is 4.86. The minimum atomic E-state index is -0.288. The number of likely N-dealkylation sites (tertiary alicyclic amines) is 1. The van der Waals surface area contributed by atoms with Gasteiger partial charge in [-0.3, -0.25) is 9.59 Å². The van der Waals surface area contributed by atoms with Gasteiger partial charge in [0.2, 0.25) is 11.8 Å². The lowest BCUT2D eigenvalue weighted by Gasteiger charge is -2.18. The highest BCUT2D eigenvalue weighted by Crippen LogP contribution is 2.24. The van der Waals surface area contributed by atoms with E-state index in [9.17, 15) is 9.59 Å². The molecule has 1 aliphatic rings. The molecule has 0 spiro atoms. The second-order valence-corrected chi connectivity index (χ2v) is 7.75. The van der Waals surface area contributed by atoms with Crippen LogP contribution in [0.4, 0.5) is 5.69 Å². The summed E-state index contributed by atoms with van der Waals surface area (Å²) in [6.07, 6.45) is 4.24. The van der Waals surface area contributed by atoms with Crippen LogP contribution < -0.4 is 5.32 Å². The molecule has 3 heterocycles. The number of carbonyl (C=O) groups excluding carboxylic acids is 2. The van der Waals surface area contributed by atoms with E-state index in [1.165, 1.54) is 0 Å². The first-order chi connectivity index (χ1) is 13.5. The lowest BCUT2D eigenvalue weighted by atomic mass is 10.1. The summed E-state index contributed by atoms with van der Waals surface area (Å²) in [6.45, 7) is 5.36. The van der Waals surface area contributed by atoms with Gasteiger partial charge in [-0.15, -0.1) is 0 Å². The molecule has 2 aromatic heterocycles. The molecule has 3 aromatic rings. The number of nitrogens with zero attached hydrogens (tertiary/aromatic N) is 3. The Balaban J connectivity index is 1.42. The van der Waals surface area contributed by atoms with Crippen molar-refractivity contribution < 1.29 is 9.59 Å². The Morgan fingerprint density at radius 3 is 2.71 bits per heavy atom. The van der Waals surface area contributed by atoms with E-state index in [4.69, 9.17) is 0 Å². The zero-order chi connectivity index (χ0) is 19.7. The minimum absolute atomic E-state index is 0.0658. The third-order valence-electron chi connectivity index (χ3n) is 4.98. The molecule has 1 saturated heterocycles. The predicted octanol–water partition coefficient (Wildman–Crippen LogP) is 3.44. The Hall–Kier alpha value is -3.15. The molecule has 144 valence electrons. The van der Waals surface area contributed by atoms with E-state index in [-0.39, 0.29) is 24.2 Å². The van der Waals surface area contributed by atoms with Gasteiger partial charge < -0.3 is 14.6 Å². The molecule has 1 aromatic carbocycles. The summed E-state index contributed by atoms with van der Waals surface area (Å²) >= 11 is 0. The molecule has 2 amide bonds. The van der Waals surface area contributed by atoms with Gasteiger partial charge in [0.15, 0.2) is 0 Å². The van der Waals surface area contributed by atoms with E-state index < -0.39 is 0 Å². The minimum Gasteiger partial charge on any atom is -0.342 e. The number of carbonyl (C=O) groups is 2. The molecule has 1 unspecified atom stereocenters. The summed E-state index contributed by atoms with van der Waals surface area (Å²) in [4.78, 5) is 31.1. The molecule has 0 aliphatic carbocycles. The quantitative estimate of drug-likeness (QED) is 0.742. The molecular formula is C22H24N4O2. The van der Waals surface area contributed by atoms with E-state index in [2.05, 4.69) is 24.1 Å². The van der Waals surface area contributed by atoms with Crippen LogP contribution in [0, 0.1) is 11.8 Å². The number of fused-ring (bicyclic) bond motifs is 1. The average molecular weight is 376 g/mol. The van der Waals surface area contributed by atoms with Gasteiger partial charge in [0, 0.05) is 43.2 Å². The molecule has 0 radical (unpaired) electrons. The highest BCUT2D eigenvalue weighted by molar-refractivity contribution is 5.97. The molecule has 6 nitrogen and oxygen atoms in total. The first kappa shape index (κ1) is 18.2. The van der Waals surface area contributed by atoms with Gasteiger partial charge in [0.05, 0.1) is 11.6 Å². The van der Waals surface area contributed by atoms with Gasteiger partial charge in [0.25, 0.3) is 0 Å². The Morgan fingerprint density at radius 2 is 2.00 bits per heavy atom. The molecule has 0 bridgehead atoms. The van der Waals surface area contributed by atoms with Crippen molar-refractivity contribution >= 4 is 23.1 Å². The lowest BCUT2D eigenvalue weighted by molar-refractivity contribution is -0.128. The maximum atomic E-state index is 12.6. The molecule has 28 heavy (non-hydrogen) atoms. The maximum Gasteiger partial charge on any atom is 0.229 e. The second kappa shape index (κ2) is 7.46. The lowest BCUT2D eigenvalue weighted by Crippen LogP contribution is -2.31. The number of imidazole rings is 1. The molecule has 1 fully saturated rings. The van der Waals surface area contributed by atoms with Gasteiger partial charge in [-0.2, -0.15) is 0 Å². The molecule has 1 N–H and O–H groups in total. The van der Waals surface area contributed by atoms with E-state index in [1.54, 1.807) is 4.90 Å². The van der Waals surface area contributed by atoms with Crippen molar-refractivity contribution in [1.82, 2.24) is 14.3 Å². The molecule has 4 rings (SSSR count). The predicted molar refractivity (Wildman–Crippen MR) is 109 cm³/mol. The molecule has 6 heteroatoms. The fourth-order valence-corrected chi connectivity index (χ4v) is 3.61. The van der Waals surface area contributed by atoms with Crippen LogP contribution in [0.3, 0.4) is 0 Å². The van der Waals surface area contributed by atoms with E-state index in [1.807, 2.05) is 59.3 Å². The van der Waals surface area contributed by atoms with Gasteiger partial charge >= 0.3 is 0 Å². The highest BCUT2D eigenvalue weighted by Gasteiger charge is 2.34. The van der Waals surface area contributed by atoms with Gasteiger partial charge in [-0.25, -0.2) is 4.98 Å². The van der Waals surface area contributed by atoms with Crippen molar-refractivity contribution in [3.8, 4) is 11.3 Å². The SMILES string of the molecule is CC(C)CN1CC(C(=O)Nc2ccc(-c3cn4ccccc4n3)cc2)CC1=O. The maximum absolute atomic E-state index is 12.6. The summed E-state index contributed by atoms with van der Waals surface area (Å²) < 4.78 is 1.98. The number of pyridine rings is 1. The fraction of sp³-hybridized carbons (Fsp3) is 0.318. The smallest absolute Gasteiger partial charge is 0.229 e. The largest absolute Gasteiger partial charge is 0.342 e. The number of hydrogen-bond donors (Lipinski definition) is 1. The van der Waals surface area contributed by atoms with Gasteiger partial charge in [0.1, 0.15) is 5.65 Å². The van der Waals surface area contributed by atoms with Crippen LogP contribution in [0.2, 0.25) is 0 Å². The van der Waals surface area contributed by atoms with E-state index in [0.717, 1.165) is 22.6 Å². The van der Waals surface area contributed by atoms with E-state index >= 15 is 0 Å². The summed E-state index contributed by atoms with van der Waals surface area (Å²) in [5.74, 6) is 0.0819. The zero-order valence-electron chi connectivity index (χ0n) is 16.1. The van der Waals surface area contributed by atoms with Crippen molar-refractivity contribution in [2.24, 2.45) is 11.8 Å². The molecule has 1 aliphatic heterocycles. The number of aromatic nitrogens is 2. The third kappa shape index (κ3) is 3.76. The Bertz CT molecular complexity index is 974. The number of hydrogen-bond acceptors (Lipinski definition) is 3. The number of amides is 2. The summed E-state index contributed by atoms with van der Waals surface area (Å²) in [5.41, 5.74) is 3.50.